The molecule has 8 nitrogen and oxygen atoms in total. The summed E-state index contributed by atoms with van der Waals surface area (Å²) in [6.07, 6.45) is 1.87. The zero-order valence-corrected chi connectivity index (χ0v) is 16.1. The van der Waals surface area contributed by atoms with E-state index in [9.17, 15) is 4.79 Å². The Kier molecular flexibility index (Phi) is 5.26. The maximum Gasteiger partial charge on any atom is 0.354 e. The highest BCUT2D eigenvalue weighted by Gasteiger charge is 2.41. The Labute approximate surface area is 168 Å². The van der Waals surface area contributed by atoms with E-state index in [1.165, 1.54) is 6.07 Å². The van der Waals surface area contributed by atoms with Crippen molar-refractivity contribution in [2.45, 2.75) is 24.9 Å². The Bertz CT molecular complexity index is 981. The smallest absolute Gasteiger partial charge is 0.354 e. The van der Waals surface area contributed by atoms with Crippen molar-refractivity contribution in [1.82, 2.24) is 15.1 Å². The third kappa shape index (κ3) is 3.97. The predicted octanol–water partition coefficient (Wildman–Crippen LogP) is 2.90. The van der Waals surface area contributed by atoms with Crippen LogP contribution in [-0.4, -0.2) is 46.4 Å². The molecule has 4 rings (SSSR count). The van der Waals surface area contributed by atoms with Crippen molar-refractivity contribution in [3.8, 4) is 0 Å². The minimum Gasteiger partial charge on any atom is -0.477 e. The lowest BCUT2D eigenvalue weighted by Crippen LogP contribution is -2.44. The summed E-state index contributed by atoms with van der Waals surface area (Å²) in [7, 11) is 1.65. The molecule has 3 aromatic rings. The lowest BCUT2D eigenvalue weighted by atomic mass is 9.91. The van der Waals surface area contributed by atoms with Crippen molar-refractivity contribution in [2.24, 2.45) is 0 Å². The van der Waals surface area contributed by atoms with Crippen LogP contribution in [0.15, 0.2) is 53.1 Å². The molecule has 1 N–H and O–H groups in total. The molecule has 1 aliphatic heterocycles. The number of carboxylic acid groups (broad SMARTS) is 1. The number of hydrogen-bond donors (Lipinski definition) is 1. The molecule has 150 valence electrons. The first-order valence-corrected chi connectivity index (χ1v) is 9.47. The van der Waals surface area contributed by atoms with E-state index >= 15 is 0 Å². The molecule has 0 atom stereocenters. The molecule has 1 fully saturated rings. The Morgan fingerprint density at radius 2 is 1.90 bits per heavy atom. The number of hydrogen-bond acceptors (Lipinski definition) is 7. The summed E-state index contributed by atoms with van der Waals surface area (Å²) in [4.78, 5) is 22.0. The molecule has 29 heavy (non-hydrogen) atoms. The van der Waals surface area contributed by atoms with Gasteiger partial charge in [-0.25, -0.2) is 9.78 Å². The van der Waals surface area contributed by atoms with Crippen LogP contribution >= 0.6 is 0 Å². The summed E-state index contributed by atoms with van der Waals surface area (Å²) < 4.78 is 11.4. The van der Waals surface area contributed by atoms with Crippen LogP contribution in [0.25, 0.3) is 0 Å². The van der Waals surface area contributed by atoms with Gasteiger partial charge in [0.05, 0.1) is 0 Å². The van der Waals surface area contributed by atoms with Crippen molar-refractivity contribution in [3.63, 3.8) is 0 Å². The van der Waals surface area contributed by atoms with Gasteiger partial charge >= 0.3 is 5.97 Å². The number of piperidine rings is 1. The lowest BCUT2D eigenvalue weighted by Gasteiger charge is -2.38. The maximum atomic E-state index is 11.2. The summed E-state index contributed by atoms with van der Waals surface area (Å²) in [5, 5.41) is 13.3. The van der Waals surface area contributed by atoms with E-state index in [0.717, 1.165) is 5.56 Å². The number of methoxy groups -OCH3 is 1. The lowest BCUT2D eigenvalue weighted by molar-refractivity contribution is -0.0582. The van der Waals surface area contributed by atoms with Crippen LogP contribution in [0.4, 0.5) is 5.82 Å². The number of carbonyl (C=O) groups is 1. The molecule has 2 aromatic heterocycles. The molecule has 8 heteroatoms. The Hall–Kier alpha value is -3.26. The largest absolute Gasteiger partial charge is 0.477 e. The van der Waals surface area contributed by atoms with Gasteiger partial charge in [-0.05, 0) is 17.7 Å². The Balaban J connectivity index is 1.47. The zero-order chi connectivity index (χ0) is 20.3. The first kappa shape index (κ1) is 19.1. The Morgan fingerprint density at radius 1 is 1.14 bits per heavy atom. The fourth-order valence-corrected chi connectivity index (χ4v) is 3.61. The van der Waals surface area contributed by atoms with Crippen molar-refractivity contribution in [2.75, 3.05) is 25.1 Å². The third-order valence-electron chi connectivity index (χ3n) is 5.30. The third-order valence-corrected chi connectivity index (χ3v) is 5.30. The monoisotopic (exact) mass is 394 g/mol. The molecule has 1 saturated heterocycles. The number of aromatic carboxylic acids is 1. The molecule has 0 amide bonds. The SMILES string of the molecule is COC1(c2nc(Cc3ccccc3)no2)CCN(c2cccc(C(=O)O)n2)CC1. The molecule has 0 unspecified atom stereocenters. The molecular weight excluding hydrogens is 372 g/mol. The predicted molar refractivity (Wildman–Crippen MR) is 105 cm³/mol. The fourth-order valence-electron chi connectivity index (χ4n) is 3.61. The Morgan fingerprint density at radius 3 is 2.59 bits per heavy atom. The van der Waals surface area contributed by atoms with Crippen LogP contribution in [0.2, 0.25) is 0 Å². The number of carboxylic acids is 1. The number of ether oxygens (including phenoxy) is 1. The highest BCUT2D eigenvalue weighted by molar-refractivity contribution is 5.85. The van der Waals surface area contributed by atoms with Crippen LogP contribution in [0.3, 0.4) is 0 Å². The van der Waals surface area contributed by atoms with Gasteiger partial charge in [0.15, 0.2) is 11.5 Å². The second-order valence-electron chi connectivity index (χ2n) is 7.05. The average molecular weight is 394 g/mol. The summed E-state index contributed by atoms with van der Waals surface area (Å²) in [6.45, 7) is 1.28. The van der Waals surface area contributed by atoms with Crippen LogP contribution in [0, 0.1) is 0 Å². The van der Waals surface area contributed by atoms with Crippen molar-refractivity contribution in [3.05, 3.63) is 71.5 Å². The van der Waals surface area contributed by atoms with Gasteiger partial charge in [0.1, 0.15) is 11.4 Å². The average Bonchev–Trinajstić information content (AvgIpc) is 3.23. The standard InChI is InChI=1S/C21H22N4O4/c1-28-21(20-23-17(24-29-20)14-15-6-3-2-4-7-15)10-12-25(13-11-21)18-9-5-8-16(22-18)19(26)27/h2-9H,10-14H2,1H3,(H,26,27). The topological polar surface area (TPSA) is 102 Å². The summed E-state index contributed by atoms with van der Waals surface area (Å²) in [5.74, 6) is 0.718. The van der Waals surface area contributed by atoms with Gasteiger partial charge in [0.2, 0.25) is 0 Å². The van der Waals surface area contributed by atoms with Gasteiger partial charge in [-0.2, -0.15) is 4.98 Å². The van der Waals surface area contributed by atoms with Gasteiger partial charge in [-0.3, -0.25) is 0 Å². The van der Waals surface area contributed by atoms with E-state index in [2.05, 4.69) is 15.1 Å². The van der Waals surface area contributed by atoms with Gasteiger partial charge in [0.25, 0.3) is 5.89 Å². The van der Waals surface area contributed by atoms with Crippen molar-refractivity contribution < 1.29 is 19.2 Å². The molecule has 0 bridgehead atoms. The minimum absolute atomic E-state index is 0.0357. The normalized spacial score (nSPS) is 16.0. The van der Waals surface area contributed by atoms with Crippen LogP contribution in [0.1, 0.15) is 40.6 Å². The molecular formula is C21H22N4O4. The quantitative estimate of drug-likeness (QED) is 0.681. The molecule has 3 heterocycles. The highest BCUT2D eigenvalue weighted by Crippen LogP contribution is 2.36. The number of nitrogens with zero attached hydrogens (tertiary/aromatic N) is 4. The van der Waals surface area contributed by atoms with Gasteiger partial charge in [-0.15, -0.1) is 0 Å². The minimum atomic E-state index is -1.04. The number of benzene rings is 1. The second kappa shape index (κ2) is 8.00. The van der Waals surface area contributed by atoms with E-state index in [0.29, 0.717) is 49.9 Å². The molecule has 0 spiro atoms. The number of rotatable bonds is 6. The molecule has 0 saturated carbocycles. The van der Waals surface area contributed by atoms with Crippen LogP contribution < -0.4 is 4.90 Å². The summed E-state index contributed by atoms with van der Waals surface area (Å²) in [6, 6.07) is 15.0. The molecule has 0 aliphatic carbocycles. The van der Waals surface area contributed by atoms with Gasteiger partial charge in [-0.1, -0.05) is 41.6 Å². The first-order chi connectivity index (χ1) is 14.1. The van der Waals surface area contributed by atoms with Crippen LogP contribution in [-0.2, 0) is 16.8 Å². The molecule has 0 radical (unpaired) electrons. The second-order valence-corrected chi connectivity index (χ2v) is 7.05. The van der Waals surface area contributed by atoms with Crippen molar-refractivity contribution in [1.29, 1.82) is 0 Å². The number of anilines is 1. The van der Waals surface area contributed by atoms with Crippen LogP contribution in [0.5, 0.6) is 0 Å². The van der Waals surface area contributed by atoms with E-state index < -0.39 is 11.6 Å². The van der Waals surface area contributed by atoms with Crippen molar-refractivity contribution >= 4 is 11.8 Å². The van der Waals surface area contributed by atoms with E-state index in [4.69, 9.17) is 14.4 Å². The number of pyridine rings is 1. The molecule has 1 aliphatic rings. The van der Waals surface area contributed by atoms with E-state index in [-0.39, 0.29) is 5.69 Å². The zero-order valence-electron chi connectivity index (χ0n) is 16.1. The molecule has 1 aromatic carbocycles. The van der Waals surface area contributed by atoms with E-state index in [1.54, 1.807) is 13.2 Å². The number of aromatic nitrogens is 3. The van der Waals surface area contributed by atoms with Gasteiger partial charge in [0, 0.05) is 39.5 Å². The van der Waals surface area contributed by atoms with Gasteiger partial charge < -0.3 is 19.3 Å². The first-order valence-electron chi connectivity index (χ1n) is 9.47. The summed E-state index contributed by atoms with van der Waals surface area (Å²) in [5.41, 5.74) is 0.502. The van der Waals surface area contributed by atoms with E-state index in [1.807, 2.05) is 41.3 Å². The highest BCUT2D eigenvalue weighted by atomic mass is 16.5. The summed E-state index contributed by atoms with van der Waals surface area (Å²) >= 11 is 0. The fraction of sp³-hybridized carbons (Fsp3) is 0.333. The maximum absolute atomic E-state index is 11.2.